The summed E-state index contributed by atoms with van der Waals surface area (Å²) in [7, 11) is 0. The van der Waals surface area contributed by atoms with Gasteiger partial charge in [-0.2, -0.15) is 0 Å². The number of carbonyl (C=O) groups is 1. The largest absolute Gasteiger partial charge is 0.363 e. The first-order valence-electron chi connectivity index (χ1n) is 8.45. The van der Waals surface area contributed by atoms with Crippen LogP contribution in [0.2, 0.25) is 0 Å². The molecule has 25 heavy (non-hydrogen) atoms. The number of H-pyrrole nitrogens is 1. The molecule has 2 aromatic rings. The van der Waals surface area contributed by atoms with Gasteiger partial charge in [-0.05, 0) is 43.2 Å². The lowest BCUT2D eigenvalue weighted by atomic mass is 10.1. The highest BCUT2D eigenvalue weighted by atomic mass is 16.2. The topological polar surface area (TPSA) is 69.3 Å². The third-order valence-electron chi connectivity index (χ3n) is 4.64. The average molecular weight is 338 g/mol. The van der Waals surface area contributed by atoms with Gasteiger partial charge in [-0.3, -0.25) is 14.6 Å². The summed E-state index contributed by atoms with van der Waals surface area (Å²) in [6.45, 7) is 7.57. The van der Waals surface area contributed by atoms with Crippen molar-refractivity contribution in [3.8, 4) is 11.1 Å². The van der Waals surface area contributed by atoms with E-state index in [2.05, 4.69) is 21.4 Å². The molecule has 1 saturated heterocycles. The number of rotatable bonds is 5. The molecule has 0 spiro atoms. The van der Waals surface area contributed by atoms with E-state index in [1.807, 2.05) is 25.1 Å². The molecule has 1 N–H and O–H groups in total. The molecular weight excluding hydrogens is 316 g/mol. The van der Waals surface area contributed by atoms with Crippen LogP contribution in [0.3, 0.4) is 0 Å². The Morgan fingerprint density at radius 1 is 1.44 bits per heavy atom. The molecule has 6 nitrogen and oxygen atoms in total. The highest BCUT2D eigenvalue weighted by molar-refractivity contribution is 5.87. The maximum Gasteiger partial charge on any atom is 0.271 e. The molecule has 3 rings (SSSR count). The molecule has 1 atom stereocenters. The molecule has 1 aliphatic rings. The van der Waals surface area contributed by atoms with E-state index >= 15 is 0 Å². The maximum atomic E-state index is 12.4. The van der Waals surface area contributed by atoms with Crippen LogP contribution < -0.4 is 10.5 Å². The van der Waals surface area contributed by atoms with E-state index in [1.165, 1.54) is 6.08 Å². The molecule has 0 aliphatic carbocycles. The first kappa shape index (κ1) is 17.0. The normalized spacial score (nSPS) is 16.7. The number of likely N-dealkylation sites (tertiary alicyclic amines) is 1. The van der Waals surface area contributed by atoms with Crippen molar-refractivity contribution in [3.63, 3.8) is 0 Å². The number of hydrogen-bond donors (Lipinski definition) is 1. The van der Waals surface area contributed by atoms with E-state index < -0.39 is 0 Å². The van der Waals surface area contributed by atoms with Crippen LogP contribution in [0.4, 0.5) is 5.69 Å². The van der Waals surface area contributed by atoms with Crippen LogP contribution >= 0.6 is 0 Å². The van der Waals surface area contributed by atoms with Gasteiger partial charge in [-0.1, -0.05) is 6.58 Å². The summed E-state index contributed by atoms with van der Waals surface area (Å²) in [5.41, 5.74) is 2.45. The number of amides is 1. The molecular formula is C19H22N4O2. The standard InChI is InChI=1S/C19H22N4O2/c1-3-18(24)22-10-7-16(13-22)23(4-2)17-11-15(12-21-19(17)25)14-5-8-20-9-6-14/h3,5-6,8-9,11-12,16H,1,4,7,10,13H2,2H3,(H,21,25)/t16-/m1/s1. The fourth-order valence-corrected chi connectivity index (χ4v) is 3.35. The van der Waals surface area contributed by atoms with Crippen LogP contribution in [-0.4, -0.2) is 46.5 Å². The van der Waals surface area contributed by atoms with Crippen molar-refractivity contribution in [2.24, 2.45) is 0 Å². The molecule has 2 aromatic heterocycles. The number of carbonyl (C=O) groups excluding carboxylic acids is 1. The Morgan fingerprint density at radius 2 is 2.20 bits per heavy atom. The van der Waals surface area contributed by atoms with Crippen LogP contribution in [0, 0.1) is 0 Å². The lowest BCUT2D eigenvalue weighted by molar-refractivity contribution is -0.125. The first-order chi connectivity index (χ1) is 12.1. The fourth-order valence-electron chi connectivity index (χ4n) is 3.35. The van der Waals surface area contributed by atoms with Crippen molar-refractivity contribution in [2.75, 3.05) is 24.5 Å². The van der Waals surface area contributed by atoms with Gasteiger partial charge in [0.15, 0.2) is 0 Å². The summed E-state index contributed by atoms with van der Waals surface area (Å²) in [5, 5.41) is 0. The zero-order valence-electron chi connectivity index (χ0n) is 14.3. The summed E-state index contributed by atoms with van der Waals surface area (Å²) in [6, 6.07) is 5.86. The van der Waals surface area contributed by atoms with Crippen molar-refractivity contribution < 1.29 is 4.79 Å². The van der Waals surface area contributed by atoms with Gasteiger partial charge in [0.25, 0.3) is 5.56 Å². The smallest absolute Gasteiger partial charge is 0.271 e. The van der Waals surface area contributed by atoms with Gasteiger partial charge in [0.2, 0.25) is 5.91 Å². The molecule has 0 bridgehead atoms. The van der Waals surface area contributed by atoms with Crippen molar-refractivity contribution in [3.05, 3.63) is 59.8 Å². The SMILES string of the molecule is C=CC(=O)N1CC[C@@H](N(CC)c2cc(-c3ccncc3)c[nH]c2=O)C1. The van der Waals surface area contributed by atoms with Gasteiger partial charge in [0, 0.05) is 49.8 Å². The summed E-state index contributed by atoms with van der Waals surface area (Å²) < 4.78 is 0. The van der Waals surface area contributed by atoms with Gasteiger partial charge >= 0.3 is 0 Å². The zero-order chi connectivity index (χ0) is 17.8. The predicted molar refractivity (Wildman–Crippen MR) is 98.5 cm³/mol. The van der Waals surface area contributed by atoms with Crippen LogP contribution in [0.25, 0.3) is 11.1 Å². The number of pyridine rings is 2. The van der Waals surface area contributed by atoms with Crippen LogP contribution in [0.1, 0.15) is 13.3 Å². The van der Waals surface area contributed by atoms with E-state index in [0.29, 0.717) is 25.3 Å². The lowest BCUT2D eigenvalue weighted by Crippen LogP contribution is -2.41. The Hall–Kier alpha value is -2.89. The number of hydrogen-bond acceptors (Lipinski definition) is 4. The monoisotopic (exact) mass is 338 g/mol. The molecule has 1 amide bonds. The van der Waals surface area contributed by atoms with E-state index in [-0.39, 0.29) is 17.5 Å². The number of anilines is 1. The Balaban J connectivity index is 1.90. The van der Waals surface area contributed by atoms with Gasteiger partial charge < -0.3 is 14.8 Å². The lowest BCUT2D eigenvalue weighted by Gasteiger charge is -2.29. The highest BCUT2D eigenvalue weighted by Crippen LogP contribution is 2.24. The van der Waals surface area contributed by atoms with E-state index in [0.717, 1.165) is 17.5 Å². The molecule has 130 valence electrons. The highest BCUT2D eigenvalue weighted by Gasteiger charge is 2.30. The van der Waals surface area contributed by atoms with Gasteiger partial charge in [0.1, 0.15) is 5.69 Å². The fraction of sp³-hybridized carbons (Fsp3) is 0.316. The second-order valence-corrected chi connectivity index (χ2v) is 6.06. The molecule has 6 heteroatoms. The van der Waals surface area contributed by atoms with Crippen molar-refractivity contribution in [1.29, 1.82) is 0 Å². The molecule has 1 aliphatic heterocycles. The number of nitrogens with one attached hydrogen (secondary N) is 1. The number of aromatic amines is 1. The molecule has 0 unspecified atom stereocenters. The third-order valence-corrected chi connectivity index (χ3v) is 4.64. The van der Waals surface area contributed by atoms with Gasteiger partial charge in [0.05, 0.1) is 0 Å². The summed E-state index contributed by atoms with van der Waals surface area (Å²) in [6.07, 6.45) is 7.36. The van der Waals surface area contributed by atoms with E-state index in [1.54, 1.807) is 23.5 Å². The number of nitrogens with zero attached hydrogens (tertiary/aromatic N) is 3. The number of likely N-dealkylation sites (N-methyl/N-ethyl adjacent to an activating group) is 1. The predicted octanol–water partition coefficient (Wildman–Crippen LogP) is 2.05. The van der Waals surface area contributed by atoms with Crippen molar-refractivity contribution in [1.82, 2.24) is 14.9 Å². The van der Waals surface area contributed by atoms with Crippen LogP contribution in [0.15, 0.2) is 54.2 Å². The van der Waals surface area contributed by atoms with Crippen LogP contribution in [0.5, 0.6) is 0 Å². The minimum Gasteiger partial charge on any atom is -0.363 e. The van der Waals surface area contributed by atoms with Crippen LogP contribution in [-0.2, 0) is 4.79 Å². The summed E-state index contributed by atoms with van der Waals surface area (Å²) >= 11 is 0. The molecule has 0 saturated carbocycles. The minimum atomic E-state index is -0.117. The Kier molecular flexibility index (Phi) is 4.97. The minimum absolute atomic E-state index is 0.0574. The molecule has 1 fully saturated rings. The summed E-state index contributed by atoms with van der Waals surface area (Å²) in [4.78, 5) is 35.0. The first-order valence-corrected chi connectivity index (χ1v) is 8.45. The Morgan fingerprint density at radius 3 is 2.88 bits per heavy atom. The average Bonchev–Trinajstić information content (AvgIpc) is 3.14. The molecule has 0 aromatic carbocycles. The Bertz CT molecular complexity index is 816. The maximum absolute atomic E-state index is 12.4. The second-order valence-electron chi connectivity index (χ2n) is 6.06. The number of aromatic nitrogens is 2. The molecule has 3 heterocycles. The van der Waals surface area contributed by atoms with E-state index in [4.69, 9.17) is 0 Å². The quantitative estimate of drug-likeness (QED) is 0.847. The Labute approximate surface area is 146 Å². The van der Waals surface area contributed by atoms with E-state index in [9.17, 15) is 9.59 Å². The second kappa shape index (κ2) is 7.34. The molecule has 0 radical (unpaired) electrons. The van der Waals surface area contributed by atoms with Crippen molar-refractivity contribution >= 4 is 11.6 Å². The van der Waals surface area contributed by atoms with Gasteiger partial charge in [-0.25, -0.2) is 0 Å². The summed E-state index contributed by atoms with van der Waals surface area (Å²) in [5.74, 6) is -0.0574. The van der Waals surface area contributed by atoms with Crippen molar-refractivity contribution in [2.45, 2.75) is 19.4 Å². The zero-order valence-corrected chi connectivity index (χ0v) is 14.3. The third kappa shape index (κ3) is 3.47. The van der Waals surface area contributed by atoms with Gasteiger partial charge in [-0.15, -0.1) is 0 Å².